The second kappa shape index (κ2) is 15.2. The predicted molar refractivity (Wildman–Crippen MR) is 179 cm³/mol. The number of cyclic esters (lactones) is 1. The van der Waals surface area contributed by atoms with Crippen LogP contribution in [0, 0.1) is 11.8 Å². The first-order chi connectivity index (χ1) is 23.2. The number of likely N-dealkylation sites (tertiary alicyclic amines) is 1. The molecule has 3 amide bonds. The van der Waals surface area contributed by atoms with E-state index in [1.54, 1.807) is 22.8 Å². The van der Waals surface area contributed by atoms with Gasteiger partial charge in [-0.1, -0.05) is 58.4 Å². The maximum Gasteiger partial charge on any atom is 0.313 e. The van der Waals surface area contributed by atoms with E-state index in [2.05, 4.69) is 26.1 Å². The van der Waals surface area contributed by atoms with Crippen LogP contribution < -0.4 is 5.32 Å². The lowest BCUT2D eigenvalue weighted by Gasteiger charge is -2.37. The fourth-order valence-corrected chi connectivity index (χ4v) is 8.43. The van der Waals surface area contributed by atoms with Crippen LogP contribution in [-0.4, -0.2) is 126 Å². The number of morpholine rings is 1. The summed E-state index contributed by atoms with van der Waals surface area (Å²) >= 11 is 3.61. The number of fused-ring (bicyclic) bond motifs is 2. The van der Waals surface area contributed by atoms with Crippen molar-refractivity contribution < 1.29 is 38.5 Å². The third-order valence-electron chi connectivity index (χ3n) is 10.1. The molecule has 12 nitrogen and oxygen atoms in total. The third kappa shape index (κ3) is 6.84. The van der Waals surface area contributed by atoms with Crippen LogP contribution in [-0.2, 0) is 33.4 Å². The zero-order valence-corrected chi connectivity index (χ0v) is 28.9. The second-order valence-electron chi connectivity index (χ2n) is 13.2. The molecule has 5 bridgehead atoms. The molecular weight excluding hydrogens is 684 g/mol. The Labute approximate surface area is 289 Å². The average Bonchev–Trinajstić information content (AvgIpc) is 3.68. The largest absolute Gasteiger partial charge is 0.455 e. The summed E-state index contributed by atoms with van der Waals surface area (Å²) in [6.07, 6.45) is 5.62. The molecule has 0 unspecified atom stereocenters. The van der Waals surface area contributed by atoms with E-state index in [0.29, 0.717) is 55.6 Å². The Hall–Kier alpha value is -3.10. The van der Waals surface area contributed by atoms with Gasteiger partial charge in [0, 0.05) is 56.8 Å². The normalized spacial score (nSPS) is 33.8. The van der Waals surface area contributed by atoms with E-state index >= 15 is 0 Å². The molecule has 0 aromatic heterocycles. The number of benzene rings is 1. The van der Waals surface area contributed by atoms with Crippen molar-refractivity contribution in [1.29, 1.82) is 0 Å². The monoisotopic (exact) mass is 728 g/mol. The van der Waals surface area contributed by atoms with Crippen molar-refractivity contribution >= 4 is 39.6 Å². The van der Waals surface area contributed by atoms with Gasteiger partial charge in [-0.15, -0.1) is 0 Å². The standard InChI is InChI=1S/C35H45BrN4O8/c1-23-29(24-10-4-2-5-11-24)47-34(45)27-28-32(43)40(14-8-9-19-41)31(35(28)22-25(36)30(27)48-35)33(44)39(13-7-3-6-12-26(42)37-23)16-15-38-17-20-46-21-18-38/h2-5,7,10-11,22-23,27-31,41H,6,8-9,12-21H2,1H3,(H,37,42)/b7-3-/t23-,27+,28-,29+,30+,31+,35-/m1/s1. The average molecular weight is 730 g/mol. The second-order valence-corrected chi connectivity index (χ2v) is 14.1. The summed E-state index contributed by atoms with van der Waals surface area (Å²) in [5.74, 6) is -3.41. The number of nitrogens with zero attached hydrogens (tertiary/aromatic N) is 3. The summed E-state index contributed by atoms with van der Waals surface area (Å²) < 4.78 is 19.0. The van der Waals surface area contributed by atoms with Crippen molar-refractivity contribution in [3.63, 3.8) is 0 Å². The van der Waals surface area contributed by atoms with Crippen LogP contribution in [0.15, 0.2) is 53.0 Å². The van der Waals surface area contributed by atoms with Gasteiger partial charge in [0.15, 0.2) is 0 Å². The first-order valence-corrected chi connectivity index (χ1v) is 17.8. The smallest absolute Gasteiger partial charge is 0.313 e. The van der Waals surface area contributed by atoms with E-state index in [4.69, 9.17) is 14.2 Å². The Balaban J connectivity index is 1.38. The molecule has 1 aromatic rings. The van der Waals surface area contributed by atoms with Gasteiger partial charge in [0.1, 0.15) is 29.8 Å². The van der Waals surface area contributed by atoms with E-state index in [1.165, 1.54) is 0 Å². The number of hydrogen-bond acceptors (Lipinski definition) is 9. The number of carbonyl (C=O) groups is 4. The number of aliphatic hydroxyl groups is 1. The van der Waals surface area contributed by atoms with Crippen molar-refractivity contribution in [3.8, 4) is 0 Å². The van der Waals surface area contributed by atoms with Gasteiger partial charge < -0.3 is 34.4 Å². The van der Waals surface area contributed by atoms with Gasteiger partial charge in [-0.05, 0) is 37.8 Å². The maximum atomic E-state index is 14.8. The summed E-state index contributed by atoms with van der Waals surface area (Å²) in [5, 5.41) is 12.5. The lowest BCUT2D eigenvalue weighted by atomic mass is 9.74. The van der Waals surface area contributed by atoms with Crippen molar-refractivity contribution in [2.75, 3.05) is 59.1 Å². The number of hydrogen-bond donors (Lipinski definition) is 2. The molecule has 0 saturated carbocycles. The van der Waals surface area contributed by atoms with E-state index in [-0.39, 0.29) is 43.8 Å². The number of esters is 1. The highest BCUT2D eigenvalue weighted by atomic mass is 79.9. The number of unbranched alkanes of at least 4 members (excludes halogenated alkanes) is 1. The minimum Gasteiger partial charge on any atom is -0.455 e. The molecule has 5 aliphatic heterocycles. The Kier molecular flexibility index (Phi) is 11.0. The number of halogens is 1. The topological polar surface area (TPSA) is 138 Å². The molecule has 0 aliphatic carbocycles. The molecule has 7 atom stereocenters. The van der Waals surface area contributed by atoms with Crippen LogP contribution in [0.3, 0.4) is 0 Å². The third-order valence-corrected chi connectivity index (χ3v) is 10.8. The first kappa shape index (κ1) is 34.8. The highest BCUT2D eigenvalue weighted by molar-refractivity contribution is 9.11. The van der Waals surface area contributed by atoms with E-state index in [9.17, 15) is 24.3 Å². The summed E-state index contributed by atoms with van der Waals surface area (Å²) in [4.78, 5) is 62.1. The number of allylic oxidation sites excluding steroid dienone is 1. The number of aliphatic hydroxyl groups excluding tert-OH is 1. The summed E-state index contributed by atoms with van der Waals surface area (Å²) in [5.41, 5.74) is -0.672. The van der Waals surface area contributed by atoms with Crippen LogP contribution in [0.5, 0.6) is 0 Å². The lowest BCUT2D eigenvalue weighted by molar-refractivity contribution is -0.161. The van der Waals surface area contributed by atoms with Crippen molar-refractivity contribution in [2.24, 2.45) is 11.8 Å². The summed E-state index contributed by atoms with van der Waals surface area (Å²) in [6, 6.07) is 7.64. The first-order valence-electron chi connectivity index (χ1n) is 17.0. The van der Waals surface area contributed by atoms with Crippen LogP contribution in [0.25, 0.3) is 0 Å². The Morgan fingerprint density at radius 2 is 1.75 bits per heavy atom. The zero-order chi connectivity index (χ0) is 33.8. The highest BCUT2D eigenvalue weighted by Crippen LogP contribution is 2.59. The van der Waals surface area contributed by atoms with Crippen molar-refractivity contribution in [1.82, 2.24) is 20.0 Å². The van der Waals surface area contributed by atoms with Crippen LogP contribution >= 0.6 is 15.9 Å². The van der Waals surface area contributed by atoms with Crippen LogP contribution in [0.2, 0.25) is 0 Å². The fourth-order valence-electron chi connectivity index (χ4n) is 7.69. The van der Waals surface area contributed by atoms with Gasteiger partial charge in [0.2, 0.25) is 17.7 Å². The number of rotatable bonds is 8. The van der Waals surface area contributed by atoms with Gasteiger partial charge >= 0.3 is 5.97 Å². The van der Waals surface area contributed by atoms with Gasteiger partial charge in [0.05, 0.1) is 25.2 Å². The zero-order valence-electron chi connectivity index (χ0n) is 27.3. The molecule has 48 heavy (non-hydrogen) atoms. The molecule has 13 heteroatoms. The summed E-state index contributed by atoms with van der Waals surface area (Å²) in [6.45, 7) is 6.11. The van der Waals surface area contributed by atoms with E-state index < -0.39 is 47.7 Å². The predicted octanol–water partition coefficient (Wildman–Crippen LogP) is 1.93. The molecule has 3 saturated heterocycles. The van der Waals surface area contributed by atoms with Crippen molar-refractivity contribution in [2.45, 2.75) is 62.5 Å². The fraction of sp³-hybridized carbons (Fsp3) is 0.600. The number of amides is 3. The molecule has 5 heterocycles. The molecule has 1 aromatic carbocycles. The number of ether oxygens (including phenoxy) is 3. The Morgan fingerprint density at radius 3 is 2.50 bits per heavy atom. The molecule has 2 N–H and O–H groups in total. The Bertz CT molecular complexity index is 1420. The Morgan fingerprint density at radius 1 is 0.979 bits per heavy atom. The van der Waals surface area contributed by atoms with Gasteiger partial charge in [-0.2, -0.15) is 0 Å². The molecule has 5 aliphatic rings. The van der Waals surface area contributed by atoms with Gasteiger partial charge in [0.25, 0.3) is 0 Å². The minimum atomic E-state index is -1.38. The molecule has 0 radical (unpaired) electrons. The summed E-state index contributed by atoms with van der Waals surface area (Å²) in [7, 11) is 0. The lowest BCUT2D eigenvalue weighted by Crippen LogP contribution is -2.57. The molecule has 260 valence electrons. The quantitative estimate of drug-likeness (QED) is 0.234. The van der Waals surface area contributed by atoms with E-state index in [0.717, 1.165) is 13.1 Å². The van der Waals surface area contributed by atoms with E-state index in [1.807, 2.05) is 42.5 Å². The minimum absolute atomic E-state index is 0.0414. The molecule has 6 rings (SSSR count). The molecular formula is C35H45BrN4O8. The molecule has 3 fully saturated rings. The maximum absolute atomic E-state index is 14.8. The van der Waals surface area contributed by atoms with Gasteiger partial charge in [-0.25, -0.2) is 0 Å². The molecule has 1 spiro atoms. The van der Waals surface area contributed by atoms with Crippen LogP contribution in [0.4, 0.5) is 0 Å². The van der Waals surface area contributed by atoms with Gasteiger partial charge in [-0.3, -0.25) is 24.1 Å². The SMILES string of the molecule is C[C@H]1NC(=O)CC/C=C\CN(CCN2CCOCC2)C(=O)[C@@H]2N(CCCCO)C(=O)[C@H]3[C@H](C(=O)O[C@@H]1c1ccccc1)[C@H]1O[C@@]23C=C1Br. The number of nitrogens with one attached hydrogen (secondary N) is 1. The highest BCUT2D eigenvalue weighted by Gasteiger charge is 2.74. The number of carbonyl (C=O) groups excluding carboxylic acids is 4. The van der Waals surface area contributed by atoms with Crippen LogP contribution in [0.1, 0.15) is 44.3 Å². The van der Waals surface area contributed by atoms with Crippen molar-refractivity contribution in [3.05, 3.63) is 58.6 Å².